The van der Waals surface area contributed by atoms with E-state index in [2.05, 4.69) is 0 Å². The fourth-order valence-electron chi connectivity index (χ4n) is 4.96. The Morgan fingerprint density at radius 1 is 0.881 bits per heavy atom. The van der Waals surface area contributed by atoms with Crippen molar-refractivity contribution in [1.82, 2.24) is 0 Å². The summed E-state index contributed by atoms with van der Waals surface area (Å²) in [7, 11) is 0. The Labute approximate surface area is 239 Å². The molecule has 0 saturated carbocycles. The van der Waals surface area contributed by atoms with Crippen LogP contribution in [0.3, 0.4) is 0 Å². The molecule has 0 spiro atoms. The smallest absolute Gasteiger partial charge is 0.343 e. The van der Waals surface area contributed by atoms with Crippen LogP contribution in [0.5, 0.6) is 5.75 Å². The van der Waals surface area contributed by atoms with Crippen molar-refractivity contribution in [3.63, 3.8) is 0 Å². The van der Waals surface area contributed by atoms with E-state index >= 15 is 0 Å². The Hall–Kier alpha value is -5.45. The Morgan fingerprint density at radius 3 is 2.24 bits per heavy atom. The first-order valence-electron chi connectivity index (χ1n) is 13.0. The molecule has 0 bridgehead atoms. The van der Waals surface area contributed by atoms with E-state index in [-0.39, 0.29) is 45.6 Å². The van der Waals surface area contributed by atoms with Crippen molar-refractivity contribution >= 4 is 40.9 Å². The van der Waals surface area contributed by atoms with Crippen LogP contribution in [-0.4, -0.2) is 41.1 Å². The molecule has 1 heterocycles. The third-order valence-electron chi connectivity index (χ3n) is 7.20. The van der Waals surface area contributed by atoms with Crippen molar-refractivity contribution in [3.05, 3.63) is 111 Å². The summed E-state index contributed by atoms with van der Waals surface area (Å²) in [4.78, 5) is 74.9. The number of allylic oxidation sites excluding steroid dienone is 2. The van der Waals surface area contributed by atoms with Gasteiger partial charge >= 0.3 is 11.9 Å². The van der Waals surface area contributed by atoms with Gasteiger partial charge in [-0.3, -0.25) is 29.4 Å². The summed E-state index contributed by atoms with van der Waals surface area (Å²) in [6.07, 6.45) is 3.01. The number of ether oxygens (including phenoxy) is 2. The number of carbonyl (C=O) groups excluding carboxylic acids is 5. The molecular weight excluding hydrogens is 544 g/mol. The lowest BCUT2D eigenvalue weighted by Gasteiger charge is -2.18. The van der Waals surface area contributed by atoms with Crippen LogP contribution >= 0.6 is 0 Å². The third kappa shape index (κ3) is 5.71. The fourth-order valence-corrected chi connectivity index (χ4v) is 4.96. The molecule has 1 saturated heterocycles. The minimum Gasteiger partial charge on any atom is -0.454 e. The number of nitrogens with zero attached hydrogens (tertiary/aromatic N) is 2. The lowest BCUT2D eigenvalue weighted by atomic mass is 9.82. The van der Waals surface area contributed by atoms with Crippen molar-refractivity contribution in [2.45, 2.75) is 19.8 Å². The Bertz CT molecular complexity index is 1640. The average molecular weight is 569 g/mol. The van der Waals surface area contributed by atoms with Crippen molar-refractivity contribution in [3.8, 4) is 5.75 Å². The number of fused-ring (bicyclic) bond motifs is 1. The van der Waals surface area contributed by atoms with E-state index < -0.39 is 41.1 Å². The van der Waals surface area contributed by atoms with Gasteiger partial charge in [-0.15, -0.1) is 0 Å². The predicted molar refractivity (Wildman–Crippen MR) is 148 cm³/mol. The number of benzene rings is 3. The maximum absolute atomic E-state index is 13.0. The number of imide groups is 1. The van der Waals surface area contributed by atoms with Crippen LogP contribution in [0.25, 0.3) is 0 Å². The second-order valence-corrected chi connectivity index (χ2v) is 9.98. The Balaban J connectivity index is 1.17. The standard InChI is InChI=1S/C31H24N2O9/c1-18-5-14-25-26(15-18)29(36)32(28(25)35)23-4-2-3-21(16-23)30(37)41-17-27(34)19-8-12-24(13-9-19)42-31(38)20-6-10-22(11-7-20)33(39)40/h2-13,16,25-26H,14-15,17H2,1H3. The molecule has 3 aromatic carbocycles. The summed E-state index contributed by atoms with van der Waals surface area (Å²) in [6, 6.07) is 16.5. The monoisotopic (exact) mass is 568 g/mol. The number of hydrogen-bond acceptors (Lipinski definition) is 9. The number of Topliss-reactive ketones (excluding diaryl/α,β-unsaturated/α-hetero) is 1. The van der Waals surface area contributed by atoms with Gasteiger partial charge in [0.2, 0.25) is 11.8 Å². The molecule has 2 atom stereocenters. The van der Waals surface area contributed by atoms with Crippen LogP contribution in [0, 0.1) is 22.0 Å². The van der Waals surface area contributed by atoms with Gasteiger partial charge in [0.25, 0.3) is 5.69 Å². The Morgan fingerprint density at radius 2 is 1.55 bits per heavy atom. The number of hydrogen-bond donors (Lipinski definition) is 0. The quantitative estimate of drug-likeness (QED) is 0.0716. The highest BCUT2D eigenvalue weighted by molar-refractivity contribution is 6.22. The molecule has 2 amide bonds. The summed E-state index contributed by atoms with van der Waals surface area (Å²) in [5.74, 6) is -3.31. The van der Waals surface area contributed by atoms with Crippen molar-refractivity contribution in [1.29, 1.82) is 0 Å². The van der Waals surface area contributed by atoms with Crippen LogP contribution < -0.4 is 9.64 Å². The molecule has 212 valence electrons. The van der Waals surface area contributed by atoms with E-state index in [0.29, 0.717) is 12.8 Å². The molecule has 2 aliphatic rings. The normalized spacial score (nSPS) is 17.7. The number of anilines is 1. The number of ketones is 1. The zero-order valence-electron chi connectivity index (χ0n) is 22.4. The maximum atomic E-state index is 13.0. The summed E-state index contributed by atoms with van der Waals surface area (Å²) < 4.78 is 10.4. The Kier molecular flexibility index (Phi) is 7.74. The van der Waals surface area contributed by atoms with Gasteiger partial charge in [-0.1, -0.05) is 17.7 Å². The first-order valence-corrected chi connectivity index (χ1v) is 13.0. The molecule has 5 rings (SSSR count). The van der Waals surface area contributed by atoms with Gasteiger partial charge in [0.15, 0.2) is 12.4 Å². The largest absolute Gasteiger partial charge is 0.454 e. The van der Waals surface area contributed by atoms with Gasteiger partial charge < -0.3 is 9.47 Å². The van der Waals surface area contributed by atoms with E-state index in [4.69, 9.17) is 9.47 Å². The van der Waals surface area contributed by atoms with Gasteiger partial charge in [0, 0.05) is 17.7 Å². The number of nitro groups is 1. The number of rotatable bonds is 8. The van der Waals surface area contributed by atoms with Gasteiger partial charge in [-0.25, -0.2) is 9.59 Å². The number of carbonyl (C=O) groups is 5. The lowest BCUT2D eigenvalue weighted by Crippen LogP contribution is -2.31. The van der Waals surface area contributed by atoms with Crippen LogP contribution in [0.2, 0.25) is 0 Å². The van der Waals surface area contributed by atoms with Crippen molar-refractivity contribution in [2.24, 2.45) is 11.8 Å². The third-order valence-corrected chi connectivity index (χ3v) is 7.20. The molecule has 0 radical (unpaired) electrons. The van der Waals surface area contributed by atoms with Gasteiger partial charge in [-0.05, 0) is 74.4 Å². The fraction of sp³-hybridized carbons (Fsp3) is 0.194. The molecule has 1 aliphatic carbocycles. The van der Waals surface area contributed by atoms with Gasteiger partial charge in [-0.2, -0.15) is 0 Å². The number of esters is 2. The maximum Gasteiger partial charge on any atom is 0.343 e. The summed E-state index contributed by atoms with van der Waals surface area (Å²) in [6.45, 7) is 1.36. The lowest BCUT2D eigenvalue weighted by molar-refractivity contribution is -0.384. The summed E-state index contributed by atoms with van der Waals surface area (Å²) in [5.41, 5.74) is 1.58. The first kappa shape index (κ1) is 28.1. The highest BCUT2D eigenvalue weighted by atomic mass is 16.6. The van der Waals surface area contributed by atoms with Crippen LogP contribution in [0.1, 0.15) is 50.8 Å². The molecule has 2 unspecified atom stereocenters. The van der Waals surface area contributed by atoms with Gasteiger partial charge in [0.05, 0.1) is 33.6 Å². The summed E-state index contributed by atoms with van der Waals surface area (Å²) >= 11 is 0. The molecule has 0 aromatic heterocycles. The second kappa shape index (κ2) is 11.6. The van der Waals surface area contributed by atoms with Crippen LogP contribution in [-0.2, 0) is 14.3 Å². The average Bonchev–Trinajstić information content (AvgIpc) is 3.24. The SMILES string of the molecule is CC1=CCC2C(=O)N(c3cccc(C(=O)OCC(=O)c4ccc(OC(=O)c5ccc([N+](=O)[O-])cc5)cc4)c3)C(=O)C2C1. The number of non-ortho nitro benzene ring substituents is 1. The van der Waals surface area contributed by atoms with Crippen molar-refractivity contribution < 1.29 is 38.4 Å². The number of nitro benzene ring substituents is 1. The van der Waals surface area contributed by atoms with E-state index in [1.807, 2.05) is 13.0 Å². The molecular formula is C31H24N2O9. The second-order valence-electron chi connectivity index (χ2n) is 9.98. The van der Waals surface area contributed by atoms with E-state index in [1.165, 1.54) is 66.7 Å². The molecule has 11 heteroatoms. The minimum atomic E-state index is -0.798. The van der Waals surface area contributed by atoms with Crippen molar-refractivity contribution in [2.75, 3.05) is 11.5 Å². The van der Waals surface area contributed by atoms with Crippen LogP contribution in [0.4, 0.5) is 11.4 Å². The van der Waals surface area contributed by atoms with Crippen LogP contribution in [0.15, 0.2) is 84.4 Å². The minimum absolute atomic E-state index is 0.0820. The highest BCUT2D eigenvalue weighted by Crippen LogP contribution is 2.39. The molecule has 0 N–H and O–H groups in total. The van der Waals surface area contributed by atoms with E-state index in [9.17, 15) is 34.1 Å². The first-order chi connectivity index (χ1) is 20.1. The molecule has 11 nitrogen and oxygen atoms in total. The molecule has 3 aromatic rings. The summed E-state index contributed by atoms with van der Waals surface area (Å²) in [5, 5.41) is 10.8. The molecule has 42 heavy (non-hydrogen) atoms. The van der Waals surface area contributed by atoms with E-state index in [0.717, 1.165) is 10.5 Å². The zero-order chi connectivity index (χ0) is 30.0. The zero-order valence-corrected chi connectivity index (χ0v) is 22.4. The predicted octanol–water partition coefficient (Wildman–Crippen LogP) is 4.70. The number of amides is 2. The molecule has 1 fully saturated rings. The molecule has 1 aliphatic heterocycles. The highest BCUT2D eigenvalue weighted by Gasteiger charge is 2.48. The van der Waals surface area contributed by atoms with Gasteiger partial charge in [0.1, 0.15) is 5.75 Å². The van der Waals surface area contributed by atoms with E-state index in [1.54, 1.807) is 6.07 Å². The topological polar surface area (TPSA) is 150 Å².